The number of nitrogens with two attached hydrogens (primary N) is 2. The van der Waals surface area contributed by atoms with Crippen LogP contribution in [-0.2, 0) is 14.2 Å². The van der Waals surface area contributed by atoms with Gasteiger partial charge in [-0.3, -0.25) is 0 Å². The third-order valence-corrected chi connectivity index (χ3v) is 6.76. The van der Waals surface area contributed by atoms with E-state index in [9.17, 15) is 14.4 Å². The number of carbonyl (C=O) groups is 3. The van der Waals surface area contributed by atoms with Crippen molar-refractivity contribution in [3.63, 3.8) is 0 Å². The van der Waals surface area contributed by atoms with E-state index >= 15 is 0 Å². The Hall–Kier alpha value is -5.71. The van der Waals surface area contributed by atoms with Gasteiger partial charge in [0.05, 0.1) is 34.1 Å². The summed E-state index contributed by atoms with van der Waals surface area (Å²) < 4.78 is 17.2. The van der Waals surface area contributed by atoms with Gasteiger partial charge in [0.2, 0.25) is 0 Å². The fraction of sp³-hybridized carbons (Fsp3) is 0.308. The monoisotopic (exact) mass is 681 g/mol. The number of amides is 3. The minimum Gasteiger partial charge on any atom is -0.443 e. The first-order valence-corrected chi connectivity index (χ1v) is 16.2. The highest BCUT2D eigenvalue weighted by molar-refractivity contribution is 6.00. The van der Waals surface area contributed by atoms with Gasteiger partial charge in [-0.1, -0.05) is 0 Å². The van der Waals surface area contributed by atoms with Crippen molar-refractivity contribution in [1.29, 1.82) is 0 Å². The van der Waals surface area contributed by atoms with Crippen LogP contribution in [0.3, 0.4) is 0 Å². The maximum Gasteiger partial charge on any atom is 0.419 e. The second kappa shape index (κ2) is 14.4. The van der Waals surface area contributed by atoms with Crippen molar-refractivity contribution in [3.05, 3.63) is 97.1 Å². The third kappa shape index (κ3) is 9.91. The Morgan fingerprint density at radius 3 is 0.700 bits per heavy atom. The highest BCUT2D eigenvalue weighted by Gasteiger charge is 2.29. The Morgan fingerprint density at radius 2 is 0.540 bits per heavy atom. The number of nitrogens with zero attached hydrogens (tertiary/aromatic N) is 3. The first-order valence-electron chi connectivity index (χ1n) is 16.2. The molecule has 0 atom stereocenters. The van der Waals surface area contributed by atoms with Crippen LogP contribution < -0.4 is 26.2 Å². The Kier molecular flexibility index (Phi) is 10.7. The number of carbonyl (C=O) groups excluding carboxylic acids is 3. The molecule has 0 aliphatic heterocycles. The zero-order valence-electron chi connectivity index (χ0n) is 30.2. The number of nitrogen functional groups attached to an aromatic ring is 2. The normalized spacial score (nSPS) is 11.7. The largest absolute Gasteiger partial charge is 0.443 e. The molecule has 11 nitrogen and oxygen atoms in total. The molecule has 264 valence electrons. The smallest absolute Gasteiger partial charge is 0.419 e. The lowest BCUT2D eigenvalue weighted by Gasteiger charge is -2.30. The van der Waals surface area contributed by atoms with Gasteiger partial charge in [0.1, 0.15) is 16.8 Å². The zero-order valence-corrected chi connectivity index (χ0v) is 30.2. The summed E-state index contributed by atoms with van der Waals surface area (Å²) in [5, 5.41) is 0. The van der Waals surface area contributed by atoms with Crippen molar-refractivity contribution in [2.45, 2.75) is 79.1 Å². The van der Waals surface area contributed by atoms with Crippen LogP contribution in [0, 0.1) is 0 Å². The molecule has 50 heavy (non-hydrogen) atoms. The van der Waals surface area contributed by atoms with Crippen molar-refractivity contribution in [2.75, 3.05) is 26.2 Å². The first-order chi connectivity index (χ1) is 23.2. The van der Waals surface area contributed by atoms with E-state index in [1.54, 1.807) is 159 Å². The highest BCUT2D eigenvalue weighted by Crippen LogP contribution is 2.36. The molecular weight excluding hydrogens is 634 g/mol. The summed E-state index contributed by atoms with van der Waals surface area (Å²) in [4.78, 5) is 44.9. The fourth-order valence-corrected chi connectivity index (χ4v) is 4.75. The van der Waals surface area contributed by atoms with Crippen LogP contribution in [0.15, 0.2) is 97.1 Å². The van der Waals surface area contributed by atoms with E-state index in [0.29, 0.717) is 45.5 Å². The van der Waals surface area contributed by atoms with Gasteiger partial charge in [-0.2, -0.15) is 0 Å². The molecule has 4 aromatic rings. The molecule has 0 aromatic heterocycles. The number of hydrogen-bond acceptors (Lipinski definition) is 8. The molecule has 0 aliphatic carbocycles. The summed E-state index contributed by atoms with van der Waals surface area (Å²) in [6.07, 6.45) is -1.78. The van der Waals surface area contributed by atoms with Crippen LogP contribution >= 0.6 is 0 Å². The number of ether oxygens (including phenoxy) is 3. The van der Waals surface area contributed by atoms with Crippen molar-refractivity contribution >= 4 is 63.8 Å². The second-order valence-electron chi connectivity index (χ2n) is 14.7. The van der Waals surface area contributed by atoms with Crippen molar-refractivity contribution in [1.82, 2.24) is 0 Å². The summed E-state index contributed by atoms with van der Waals surface area (Å²) >= 11 is 0. The van der Waals surface area contributed by atoms with E-state index in [0.717, 1.165) is 0 Å². The molecule has 4 aromatic carbocycles. The minimum atomic E-state index is -0.791. The molecule has 3 amide bonds. The topological polar surface area (TPSA) is 141 Å². The predicted molar refractivity (Wildman–Crippen MR) is 200 cm³/mol. The predicted octanol–water partition coefficient (Wildman–Crippen LogP) is 10.1. The SMILES string of the molecule is CC(C)(C)OC(=O)N(c1ccc(N)cc1)c1ccc(N(C(=O)OC(C)(C)C)c2ccc(N(C(=O)OC(C)(C)C)c3ccc(N)cc3)cc2)cc1. The lowest BCUT2D eigenvalue weighted by atomic mass is 10.1. The zero-order chi connectivity index (χ0) is 37.0. The third-order valence-electron chi connectivity index (χ3n) is 6.76. The quantitative estimate of drug-likeness (QED) is 0.151. The summed E-state index contributed by atoms with van der Waals surface area (Å²) in [5.74, 6) is 0. The van der Waals surface area contributed by atoms with Crippen LogP contribution in [0.2, 0.25) is 0 Å². The van der Waals surface area contributed by atoms with Crippen molar-refractivity contribution in [2.24, 2.45) is 0 Å². The van der Waals surface area contributed by atoms with E-state index in [-0.39, 0.29) is 0 Å². The van der Waals surface area contributed by atoms with E-state index in [1.165, 1.54) is 14.7 Å². The molecular formula is C39H47N5O6. The molecule has 4 N–H and O–H groups in total. The van der Waals surface area contributed by atoms with Gasteiger partial charge in [-0.25, -0.2) is 29.1 Å². The van der Waals surface area contributed by atoms with Gasteiger partial charge in [0, 0.05) is 11.4 Å². The molecule has 4 rings (SSSR count). The number of anilines is 8. The van der Waals surface area contributed by atoms with Crippen LogP contribution in [-0.4, -0.2) is 35.1 Å². The van der Waals surface area contributed by atoms with Gasteiger partial charge in [0.15, 0.2) is 0 Å². The lowest BCUT2D eigenvalue weighted by molar-refractivity contribution is 0.0587. The molecule has 0 unspecified atom stereocenters. The molecule has 0 aliphatic rings. The summed E-state index contributed by atoms with van der Waals surface area (Å²) in [6, 6.07) is 27.4. The van der Waals surface area contributed by atoms with E-state index in [1.807, 2.05) is 0 Å². The average molecular weight is 682 g/mol. The van der Waals surface area contributed by atoms with Crippen LogP contribution in [0.25, 0.3) is 0 Å². The summed E-state index contributed by atoms with van der Waals surface area (Å²) in [5.41, 5.74) is 13.7. The number of rotatable bonds is 6. The second-order valence-corrected chi connectivity index (χ2v) is 14.7. The molecule has 0 fully saturated rings. The minimum absolute atomic E-state index is 0.472. The summed E-state index contributed by atoms with van der Waals surface area (Å²) in [6.45, 7) is 16.1. The number of hydrogen-bond donors (Lipinski definition) is 2. The maximum atomic E-state index is 13.7. The molecule has 0 saturated heterocycles. The van der Waals surface area contributed by atoms with Crippen molar-refractivity contribution < 1.29 is 28.6 Å². The highest BCUT2D eigenvalue weighted by atomic mass is 16.6. The van der Waals surface area contributed by atoms with Gasteiger partial charge < -0.3 is 25.7 Å². The Labute approximate surface area is 294 Å². The average Bonchev–Trinajstić information content (AvgIpc) is 2.98. The molecule has 0 saturated carbocycles. The molecule has 0 radical (unpaired) electrons. The molecule has 11 heteroatoms. The lowest BCUT2D eigenvalue weighted by Crippen LogP contribution is -2.35. The molecule has 0 bridgehead atoms. The van der Waals surface area contributed by atoms with E-state index < -0.39 is 35.1 Å². The Balaban J connectivity index is 1.75. The van der Waals surface area contributed by atoms with Gasteiger partial charge in [-0.15, -0.1) is 0 Å². The summed E-state index contributed by atoms with van der Waals surface area (Å²) in [7, 11) is 0. The van der Waals surface area contributed by atoms with E-state index in [2.05, 4.69) is 0 Å². The van der Waals surface area contributed by atoms with Gasteiger partial charge in [0.25, 0.3) is 0 Å². The Bertz CT molecular complexity index is 1660. The Morgan fingerprint density at radius 1 is 0.380 bits per heavy atom. The van der Waals surface area contributed by atoms with Gasteiger partial charge in [-0.05, 0) is 159 Å². The maximum absolute atomic E-state index is 13.7. The van der Waals surface area contributed by atoms with Gasteiger partial charge >= 0.3 is 18.3 Å². The standard InChI is InChI=1S/C39H47N5O6/c1-37(2,3)48-34(45)42(28-14-10-26(40)11-15-28)30-18-22-32(23-19-30)44(36(47)50-39(7,8)9)33-24-20-31(21-25-33)43(35(46)49-38(4,5)6)29-16-12-27(41)13-17-29/h10-25H,40-41H2,1-9H3. The molecule has 0 heterocycles. The number of benzene rings is 4. The van der Waals surface area contributed by atoms with E-state index in [4.69, 9.17) is 25.7 Å². The fourth-order valence-electron chi connectivity index (χ4n) is 4.75. The molecule has 0 spiro atoms. The van der Waals surface area contributed by atoms with Crippen LogP contribution in [0.1, 0.15) is 62.3 Å². The van der Waals surface area contributed by atoms with Crippen LogP contribution in [0.5, 0.6) is 0 Å². The van der Waals surface area contributed by atoms with Crippen LogP contribution in [0.4, 0.5) is 59.9 Å². The van der Waals surface area contributed by atoms with Crippen molar-refractivity contribution in [3.8, 4) is 0 Å². The first kappa shape index (κ1) is 37.1.